The predicted molar refractivity (Wildman–Crippen MR) is 114 cm³/mol. The number of halogens is 1. The smallest absolute Gasteiger partial charge is 0.225 e. The maximum Gasteiger partial charge on any atom is 0.225 e. The van der Waals surface area contributed by atoms with Gasteiger partial charge >= 0.3 is 0 Å². The highest BCUT2D eigenvalue weighted by Crippen LogP contribution is 2.38. The van der Waals surface area contributed by atoms with Crippen molar-refractivity contribution in [3.63, 3.8) is 0 Å². The van der Waals surface area contributed by atoms with Crippen LogP contribution >= 0.6 is 11.6 Å². The molecule has 1 atom stereocenters. The standard InChI is InChI=1S/C23H25ClN2O4/c24-19-11-17(12-20-22(19)30-10-4-9-29-20)14-25-23(28)18-13-21(27)26(15-18)8-7-16-5-2-1-3-6-16/h1-3,5-6,11-12,18H,4,7-10,13-15H2,(H,25,28). The maximum atomic E-state index is 12.6. The summed E-state index contributed by atoms with van der Waals surface area (Å²) in [4.78, 5) is 26.7. The number of benzene rings is 2. The van der Waals surface area contributed by atoms with Crippen molar-refractivity contribution in [2.75, 3.05) is 26.3 Å². The molecule has 0 bridgehead atoms. The summed E-state index contributed by atoms with van der Waals surface area (Å²) in [5.74, 6) is 0.745. The van der Waals surface area contributed by atoms with E-state index in [-0.39, 0.29) is 24.2 Å². The van der Waals surface area contributed by atoms with Crippen LogP contribution in [0.1, 0.15) is 24.0 Å². The minimum Gasteiger partial charge on any atom is -0.489 e. The first kappa shape index (κ1) is 20.5. The number of likely N-dealkylation sites (tertiary alicyclic amines) is 1. The normalized spacial score (nSPS) is 18.2. The Hall–Kier alpha value is -2.73. The molecule has 7 heteroatoms. The first-order valence-electron chi connectivity index (χ1n) is 10.3. The molecule has 2 amide bonds. The van der Waals surface area contributed by atoms with Gasteiger partial charge < -0.3 is 19.7 Å². The first-order chi connectivity index (χ1) is 14.6. The fourth-order valence-corrected chi connectivity index (χ4v) is 4.08. The molecule has 1 N–H and O–H groups in total. The molecule has 0 saturated carbocycles. The Labute approximate surface area is 181 Å². The molecule has 30 heavy (non-hydrogen) atoms. The fourth-order valence-electron chi connectivity index (χ4n) is 3.79. The number of carbonyl (C=O) groups is 2. The molecule has 0 aliphatic carbocycles. The quantitative estimate of drug-likeness (QED) is 0.767. The average Bonchev–Trinajstić information content (AvgIpc) is 2.96. The highest BCUT2D eigenvalue weighted by molar-refractivity contribution is 6.32. The molecule has 158 valence electrons. The van der Waals surface area contributed by atoms with Crippen molar-refractivity contribution in [3.05, 3.63) is 58.6 Å². The number of ether oxygens (including phenoxy) is 2. The number of amides is 2. The van der Waals surface area contributed by atoms with Gasteiger partial charge in [-0.1, -0.05) is 41.9 Å². The number of fused-ring (bicyclic) bond motifs is 1. The van der Waals surface area contributed by atoms with Crippen LogP contribution < -0.4 is 14.8 Å². The Morgan fingerprint density at radius 1 is 1.13 bits per heavy atom. The van der Waals surface area contributed by atoms with E-state index in [1.807, 2.05) is 36.4 Å². The summed E-state index contributed by atoms with van der Waals surface area (Å²) in [6, 6.07) is 13.7. The van der Waals surface area contributed by atoms with Crippen molar-refractivity contribution >= 4 is 23.4 Å². The van der Waals surface area contributed by atoms with Gasteiger partial charge in [0.05, 0.1) is 24.2 Å². The van der Waals surface area contributed by atoms with Crippen LogP contribution in [-0.4, -0.2) is 43.0 Å². The van der Waals surface area contributed by atoms with Gasteiger partial charge in [-0.15, -0.1) is 0 Å². The van der Waals surface area contributed by atoms with Crippen molar-refractivity contribution in [2.45, 2.75) is 25.8 Å². The molecule has 1 unspecified atom stereocenters. The monoisotopic (exact) mass is 428 g/mol. The lowest BCUT2D eigenvalue weighted by Crippen LogP contribution is -2.33. The molecular formula is C23H25ClN2O4. The maximum absolute atomic E-state index is 12.6. The molecule has 1 fully saturated rings. The summed E-state index contributed by atoms with van der Waals surface area (Å²) < 4.78 is 11.3. The van der Waals surface area contributed by atoms with Gasteiger partial charge in [0, 0.05) is 32.5 Å². The number of nitrogens with zero attached hydrogens (tertiary/aromatic N) is 1. The zero-order valence-corrected chi connectivity index (χ0v) is 17.5. The van der Waals surface area contributed by atoms with E-state index in [9.17, 15) is 9.59 Å². The molecular weight excluding hydrogens is 404 g/mol. The van der Waals surface area contributed by atoms with Crippen LogP contribution in [0.25, 0.3) is 0 Å². The lowest BCUT2D eigenvalue weighted by Gasteiger charge is -2.17. The Morgan fingerprint density at radius 2 is 1.93 bits per heavy atom. The molecule has 6 nitrogen and oxygen atoms in total. The van der Waals surface area contributed by atoms with Crippen LogP contribution in [0.4, 0.5) is 0 Å². The van der Waals surface area contributed by atoms with Crippen LogP contribution in [-0.2, 0) is 22.6 Å². The van der Waals surface area contributed by atoms with Crippen molar-refractivity contribution in [1.29, 1.82) is 0 Å². The van der Waals surface area contributed by atoms with E-state index in [0.29, 0.717) is 49.4 Å². The minimum atomic E-state index is -0.329. The van der Waals surface area contributed by atoms with E-state index in [4.69, 9.17) is 21.1 Å². The molecule has 2 aliphatic rings. The lowest BCUT2D eigenvalue weighted by molar-refractivity contribution is -0.129. The van der Waals surface area contributed by atoms with Crippen molar-refractivity contribution in [1.82, 2.24) is 10.2 Å². The number of carbonyl (C=O) groups excluding carboxylic acids is 2. The summed E-state index contributed by atoms with van der Waals surface area (Å²) in [7, 11) is 0. The lowest BCUT2D eigenvalue weighted by atomic mass is 10.1. The number of hydrogen-bond donors (Lipinski definition) is 1. The largest absolute Gasteiger partial charge is 0.489 e. The van der Waals surface area contributed by atoms with Crippen molar-refractivity contribution in [3.8, 4) is 11.5 Å². The van der Waals surface area contributed by atoms with E-state index >= 15 is 0 Å². The van der Waals surface area contributed by atoms with Crippen LogP contribution in [0.15, 0.2) is 42.5 Å². The van der Waals surface area contributed by atoms with E-state index in [1.165, 1.54) is 5.56 Å². The Kier molecular flexibility index (Phi) is 6.43. The third kappa shape index (κ3) is 4.87. The van der Waals surface area contributed by atoms with Gasteiger partial charge in [0.2, 0.25) is 11.8 Å². The van der Waals surface area contributed by atoms with Crippen LogP contribution in [0.5, 0.6) is 11.5 Å². The van der Waals surface area contributed by atoms with Gasteiger partial charge in [0.1, 0.15) is 0 Å². The fraction of sp³-hybridized carbons (Fsp3) is 0.391. The molecule has 2 aliphatic heterocycles. The van der Waals surface area contributed by atoms with E-state index < -0.39 is 0 Å². The summed E-state index contributed by atoms with van der Waals surface area (Å²) in [5.41, 5.74) is 2.02. The van der Waals surface area contributed by atoms with Gasteiger partial charge in [-0.25, -0.2) is 0 Å². The third-order valence-corrected chi connectivity index (χ3v) is 5.71. The second-order valence-electron chi connectivity index (χ2n) is 7.65. The molecule has 0 radical (unpaired) electrons. The zero-order valence-electron chi connectivity index (χ0n) is 16.7. The number of rotatable bonds is 6. The van der Waals surface area contributed by atoms with Crippen LogP contribution in [0.3, 0.4) is 0 Å². The van der Waals surface area contributed by atoms with Gasteiger partial charge in [-0.2, -0.15) is 0 Å². The van der Waals surface area contributed by atoms with Crippen LogP contribution in [0.2, 0.25) is 5.02 Å². The van der Waals surface area contributed by atoms with Gasteiger partial charge in [-0.3, -0.25) is 9.59 Å². The van der Waals surface area contributed by atoms with E-state index in [1.54, 1.807) is 11.0 Å². The highest BCUT2D eigenvalue weighted by Gasteiger charge is 2.33. The summed E-state index contributed by atoms with van der Waals surface area (Å²) in [6.45, 7) is 2.55. The summed E-state index contributed by atoms with van der Waals surface area (Å²) in [6.07, 6.45) is 1.84. The highest BCUT2D eigenvalue weighted by atomic mass is 35.5. The first-order valence-corrected chi connectivity index (χ1v) is 10.7. The molecule has 2 aromatic rings. The second-order valence-corrected chi connectivity index (χ2v) is 8.06. The third-order valence-electron chi connectivity index (χ3n) is 5.43. The molecule has 0 aromatic heterocycles. The van der Waals surface area contributed by atoms with Crippen molar-refractivity contribution in [2.24, 2.45) is 5.92 Å². The molecule has 1 saturated heterocycles. The zero-order chi connectivity index (χ0) is 20.9. The summed E-state index contributed by atoms with van der Waals surface area (Å²) >= 11 is 6.32. The summed E-state index contributed by atoms with van der Waals surface area (Å²) in [5, 5.41) is 3.41. The molecule has 2 aromatic carbocycles. The minimum absolute atomic E-state index is 0.0321. The van der Waals surface area contributed by atoms with Crippen molar-refractivity contribution < 1.29 is 19.1 Å². The molecule has 0 spiro atoms. The molecule has 4 rings (SSSR count). The Morgan fingerprint density at radius 3 is 2.77 bits per heavy atom. The average molecular weight is 429 g/mol. The van der Waals surface area contributed by atoms with E-state index in [2.05, 4.69) is 5.32 Å². The number of nitrogens with one attached hydrogen (secondary N) is 1. The van der Waals surface area contributed by atoms with Gasteiger partial charge in [-0.05, 0) is 29.7 Å². The topological polar surface area (TPSA) is 67.9 Å². The number of hydrogen-bond acceptors (Lipinski definition) is 4. The second kappa shape index (κ2) is 9.39. The predicted octanol–water partition coefficient (Wildman–Crippen LogP) is 3.21. The van der Waals surface area contributed by atoms with E-state index in [0.717, 1.165) is 18.4 Å². The molecule has 2 heterocycles. The van der Waals surface area contributed by atoms with Gasteiger partial charge in [0.25, 0.3) is 0 Å². The van der Waals surface area contributed by atoms with Crippen LogP contribution in [0, 0.1) is 5.92 Å². The Bertz CT molecular complexity index is 919. The SMILES string of the molecule is O=C(NCc1cc(Cl)c2c(c1)OCCCO2)C1CC(=O)N(CCc2ccccc2)C1. The Balaban J connectivity index is 1.31. The van der Waals surface area contributed by atoms with Gasteiger partial charge in [0.15, 0.2) is 11.5 Å².